The zero-order valence-corrected chi connectivity index (χ0v) is 21.8. The molecule has 3 rings (SSSR count). The van der Waals surface area contributed by atoms with Crippen LogP contribution >= 0.6 is 11.8 Å². The Kier molecular flexibility index (Phi) is 7.11. The van der Waals surface area contributed by atoms with Crippen LogP contribution in [0.1, 0.15) is 70.8 Å². The predicted octanol–water partition coefficient (Wildman–Crippen LogP) is 6.28. The summed E-state index contributed by atoms with van der Waals surface area (Å²) in [7, 11) is -2.76. The number of thioether (sulfide) groups is 1. The number of benzene rings is 2. The molecule has 0 bridgehead atoms. The molecule has 1 saturated carbocycles. The summed E-state index contributed by atoms with van der Waals surface area (Å²) < 4.78 is 31.5. The molecule has 2 aromatic carbocycles. The molecule has 0 aliphatic heterocycles. The third-order valence-electron chi connectivity index (χ3n) is 6.41. The van der Waals surface area contributed by atoms with Gasteiger partial charge in [-0.2, -0.15) is 0 Å². The topological polar surface area (TPSA) is 29.5 Å². The zero-order chi connectivity index (χ0) is 25.7. The van der Waals surface area contributed by atoms with Crippen molar-refractivity contribution >= 4 is 30.5 Å². The van der Waals surface area contributed by atoms with Crippen LogP contribution in [0, 0.1) is 0 Å². The van der Waals surface area contributed by atoms with Gasteiger partial charge in [-0.05, 0) is 64.7 Å². The summed E-state index contributed by atoms with van der Waals surface area (Å²) in [5, 5.41) is 15.5. The minimum Gasteiger partial charge on any atom is -0.404 e. The highest BCUT2D eigenvalue weighted by atomic mass is 32.2. The molecule has 32 heavy (non-hydrogen) atoms. The van der Waals surface area contributed by atoms with Gasteiger partial charge in [0.15, 0.2) is 0 Å². The number of unbranched alkanes of at least 4 members (excludes halogenated alkanes) is 1. The van der Waals surface area contributed by atoms with Crippen LogP contribution in [0.25, 0.3) is 0 Å². The summed E-state index contributed by atoms with van der Waals surface area (Å²) in [5.41, 5.74) is -1.20. The summed E-state index contributed by atoms with van der Waals surface area (Å²) in [6.07, 6.45) is 3.09. The van der Waals surface area contributed by atoms with Gasteiger partial charge >= 0.3 is 0 Å². The molecule has 1 aliphatic rings. The van der Waals surface area contributed by atoms with Crippen molar-refractivity contribution in [3.8, 4) is 0 Å². The molecule has 0 radical (unpaired) electrons. The number of hydrogen-bond acceptors (Lipinski definition) is 3. The lowest BCUT2D eigenvalue weighted by Gasteiger charge is -2.47. The Balaban J connectivity index is 2.04. The van der Waals surface area contributed by atoms with Crippen molar-refractivity contribution in [2.45, 2.75) is 83.4 Å². The van der Waals surface area contributed by atoms with Gasteiger partial charge in [0, 0.05) is 10.2 Å². The minimum atomic E-state index is -2.76. The third kappa shape index (κ3) is 5.59. The van der Waals surface area contributed by atoms with Gasteiger partial charge in [0.2, 0.25) is 0 Å². The Morgan fingerprint density at radius 3 is 2.22 bits per heavy atom. The molecule has 1 aliphatic carbocycles. The molecule has 0 aromatic heterocycles. The fraction of sp³-hybridized carbons (Fsp3) is 0.500. The summed E-state index contributed by atoms with van der Waals surface area (Å²) >= 11 is 1.60. The number of aliphatic hydroxyl groups is 1. The van der Waals surface area contributed by atoms with Crippen LogP contribution in [-0.2, 0) is 4.43 Å². The predicted molar refractivity (Wildman–Crippen MR) is 142 cm³/mol. The van der Waals surface area contributed by atoms with E-state index < -0.39 is 20.8 Å². The molecule has 4 heteroatoms. The summed E-state index contributed by atoms with van der Waals surface area (Å²) in [6.45, 7) is 6.42. The van der Waals surface area contributed by atoms with Crippen LogP contribution in [0.2, 0.25) is 5.04 Å². The highest BCUT2D eigenvalue weighted by Crippen LogP contribution is 2.42. The highest BCUT2D eigenvalue weighted by Gasteiger charge is 2.52. The monoisotopic (exact) mass is 471 g/mol. The first-order valence-electron chi connectivity index (χ1n) is 13.3. The van der Waals surface area contributed by atoms with Crippen LogP contribution in [0.3, 0.4) is 0 Å². The van der Waals surface area contributed by atoms with Crippen molar-refractivity contribution in [2.24, 2.45) is 0 Å². The van der Waals surface area contributed by atoms with Crippen LogP contribution in [-0.4, -0.2) is 30.9 Å². The van der Waals surface area contributed by atoms with E-state index in [1.54, 1.807) is 11.8 Å². The molecule has 2 atom stereocenters. The lowest BCUT2D eigenvalue weighted by atomic mass is 9.81. The maximum atomic E-state index is 11.3. The molecule has 1 N–H and O–H groups in total. The second-order valence-corrected chi connectivity index (χ2v) is 15.1. The van der Waals surface area contributed by atoms with E-state index in [1.807, 2.05) is 17.5 Å². The maximum absolute atomic E-state index is 11.3. The van der Waals surface area contributed by atoms with Gasteiger partial charge < -0.3 is 9.53 Å². The van der Waals surface area contributed by atoms with Gasteiger partial charge in [0.25, 0.3) is 8.32 Å². The number of rotatable bonds is 8. The largest absolute Gasteiger partial charge is 0.404 e. The van der Waals surface area contributed by atoms with Crippen molar-refractivity contribution < 1.29 is 13.6 Å². The van der Waals surface area contributed by atoms with Crippen LogP contribution in [0.5, 0.6) is 0 Å². The van der Waals surface area contributed by atoms with E-state index in [2.05, 4.69) is 76.2 Å². The first-order chi connectivity index (χ1) is 16.5. The normalized spacial score (nSPS) is 25.2. The molecule has 0 saturated heterocycles. The average Bonchev–Trinajstić information content (AvgIpc) is 2.81. The molecule has 2 unspecified atom stereocenters. The van der Waals surface area contributed by atoms with E-state index in [0.717, 1.165) is 18.6 Å². The molecule has 2 nitrogen and oxygen atoms in total. The van der Waals surface area contributed by atoms with Crippen molar-refractivity contribution in [2.75, 3.05) is 5.75 Å². The van der Waals surface area contributed by atoms with E-state index in [1.165, 1.54) is 10.4 Å². The molecular formula is C28H40O2SSi. The van der Waals surface area contributed by atoms with Crippen LogP contribution < -0.4 is 10.4 Å². The Bertz CT molecular complexity index is 934. The zero-order valence-electron chi connectivity index (χ0n) is 22.9. The van der Waals surface area contributed by atoms with Crippen molar-refractivity contribution in [3.05, 3.63) is 71.6 Å². The molecule has 0 heterocycles. The third-order valence-corrected chi connectivity index (χ3v) is 12.5. The van der Waals surface area contributed by atoms with E-state index >= 15 is 0 Å². The van der Waals surface area contributed by atoms with Gasteiger partial charge in [-0.1, -0.05) is 94.8 Å². The standard InChI is InChI=1S/C28H40O2SSi/c1-6-7-20-31-22-23-21-24(18-19-28(23,5)29)30-32(27(2,3)4,25-14-10-8-11-15-25)26-16-12-9-13-17-26/h8-17,22,24,29H,6-7,18-21H2,1-5H3/b23-22+/i5D3. The minimum absolute atomic E-state index is 0.159. The average molecular weight is 472 g/mol. The molecule has 0 amide bonds. The lowest BCUT2D eigenvalue weighted by Crippen LogP contribution is -2.68. The molecular weight excluding hydrogens is 428 g/mol. The van der Waals surface area contributed by atoms with Gasteiger partial charge in [-0.3, -0.25) is 0 Å². The van der Waals surface area contributed by atoms with Gasteiger partial charge in [0.05, 0.1) is 5.60 Å². The fourth-order valence-corrected chi connectivity index (χ4v) is 10.4. The van der Waals surface area contributed by atoms with Crippen LogP contribution in [0.15, 0.2) is 71.6 Å². The lowest BCUT2D eigenvalue weighted by molar-refractivity contribution is 0.0335. The Morgan fingerprint density at radius 1 is 1.12 bits per heavy atom. The second-order valence-electron chi connectivity index (χ2n) is 9.87. The van der Waals surface area contributed by atoms with Crippen molar-refractivity contribution in [1.82, 2.24) is 0 Å². The van der Waals surface area contributed by atoms with E-state index in [-0.39, 0.29) is 17.6 Å². The van der Waals surface area contributed by atoms with E-state index in [4.69, 9.17) is 8.54 Å². The summed E-state index contributed by atoms with van der Waals surface area (Å²) in [6, 6.07) is 21.0. The van der Waals surface area contributed by atoms with Crippen molar-refractivity contribution in [1.29, 1.82) is 0 Å². The quantitative estimate of drug-likeness (QED) is 0.363. The van der Waals surface area contributed by atoms with Crippen LogP contribution in [0.4, 0.5) is 0 Å². The molecule has 174 valence electrons. The van der Waals surface area contributed by atoms with Gasteiger partial charge in [-0.15, -0.1) is 11.8 Å². The maximum Gasteiger partial charge on any atom is 0.261 e. The van der Waals surface area contributed by atoms with Crippen molar-refractivity contribution in [3.63, 3.8) is 0 Å². The second kappa shape index (κ2) is 10.7. The summed E-state index contributed by atoms with van der Waals surface area (Å²) in [5.74, 6) is 0.914. The number of hydrogen-bond donors (Lipinski definition) is 1. The van der Waals surface area contributed by atoms with E-state index in [0.29, 0.717) is 18.4 Å². The Hall–Kier alpha value is -1.33. The first kappa shape index (κ1) is 21.2. The summed E-state index contributed by atoms with van der Waals surface area (Å²) in [4.78, 5) is 0. The Morgan fingerprint density at radius 2 is 1.72 bits per heavy atom. The SMILES string of the molecule is [2H]C([2H])([2H])C1(O)CCC(O[Si](c2ccccc2)(c2ccccc2)C(C)(C)C)C/C1=C\SCCCC. The Labute approximate surface area is 204 Å². The van der Waals surface area contributed by atoms with E-state index in [9.17, 15) is 5.11 Å². The molecule has 2 aromatic rings. The smallest absolute Gasteiger partial charge is 0.261 e. The molecule has 1 fully saturated rings. The molecule has 0 spiro atoms. The van der Waals surface area contributed by atoms with Gasteiger partial charge in [-0.25, -0.2) is 0 Å². The van der Waals surface area contributed by atoms with Gasteiger partial charge in [0.1, 0.15) is 0 Å². The fourth-order valence-electron chi connectivity index (χ4n) is 4.62. The highest BCUT2D eigenvalue weighted by molar-refractivity contribution is 8.02. The first-order valence-corrected chi connectivity index (χ1v) is 14.7.